The third kappa shape index (κ3) is 3.38. The Balaban J connectivity index is 1.87. The number of ether oxygens (including phenoxy) is 1. The molecule has 0 saturated carbocycles. The predicted molar refractivity (Wildman–Crippen MR) is 85.5 cm³/mol. The van der Waals surface area contributed by atoms with Crippen LogP contribution in [0.5, 0.6) is 0 Å². The van der Waals surface area contributed by atoms with Crippen molar-refractivity contribution in [1.82, 2.24) is 19.9 Å². The van der Waals surface area contributed by atoms with Crippen molar-refractivity contribution in [3.05, 3.63) is 50.7 Å². The number of hydrogen-bond acceptors (Lipinski definition) is 7. The zero-order chi connectivity index (χ0) is 16.2. The van der Waals surface area contributed by atoms with Gasteiger partial charge in [-0.2, -0.15) is 10.1 Å². The first-order chi connectivity index (χ1) is 11.2. The summed E-state index contributed by atoms with van der Waals surface area (Å²) >= 11 is 1.65. The molecular formula is C15H16N4O3S. The van der Waals surface area contributed by atoms with Gasteiger partial charge in [-0.1, -0.05) is 18.1 Å². The molecule has 0 fully saturated rings. The van der Waals surface area contributed by atoms with Crippen LogP contribution in [0.4, 0.5) is 0 Å². The first-order valence-corrected chi connectivity index (χ1v) is 8.01. The van der Waals surface area contributed by atoms with Gasteiger partial charge in [0.1, 0.15) is 5.69 Å². The zero-order valence-electron chi connectivity index (χ0n) is 12.8. The lowest BCUT2D eigenvalue weighted by atomic mass is 10.1. The zero-order valence-corrected chi connectivity index (χ0v) is 13.6. The van der Waals surface area contributed by atoms with Crippen LogP contribution < -0.4 is 5.56 Å². The average molecular weight is 332 g/mol. The van der Waals surface area contributed by atoms with Gasteiger partial charge in [0.05, 0.1) is 19.1 Å². The third-order valence-electron chi connectivity index (χ3n) is 3.39. The van der Waals surface area contributed by atoms with E-state index < -0.39 is 0 Å². The lowest BCUT2D eigenvalue weighted by molar-refractivity contribution is 0.182. The molecule has 0 radical (unpaired) electrons. The molecule has 0 unspecified atom stereocenters. The van der Waals surface area contributed by atoms with Gasteiger partial charge >= 0.3 is 0 Å². The summed E-state index contributed by atoms with van der Waals surface area (Å²) in [4.78, 5) is 17.3. The molecule has 23 heavy (non-hydrogen) atoms. The fourth-order valence-electron chi connectivity index (χ4n) is 2.08. The highest BCUT2D eigenvalue weighted by Crippen LogP contribution is 2.27. The van der Waals surface area contributed by atoms with Crippen LogP contribution >= 0.6 is 11.3 Å². The van der Waals surface area contributed by atoms with Crippen LogP contribution in [0.15, 0.2) is 39.0 Å². The SMILES string of the molecule is COCCn1nc(-c2nc([C@@H](C)c3cccs3)no2)ccc1=O. The quantitative estimate of drug-likeness (QED) is 0.688. The van der Waals surface area contributed by atoms with Gasteiger partial charge in [-0.25, -0.2) is 4.68 Å². The first-order valence-electron chi connectivity index (χ1n) is 7.13. The summed E-state index contributed by atoms with van der Waals surface area (Å²) in [6, 6.07) is 7.04. The van der Waals surface area contributed by atoms with E-state index in [9.17, 15) is 4.79 Å². The highest BCUT2D eigenvalue weighted by molar-refractivity contribution is 7.10. The second-order valence-electron chi connectivity index (χ2n) is 4.97. The highest BCUT2D eigenvalue weighted by Gasteiger charge is 2.18. The van der Waals surface area contributed by atoms with E-state index in [4.69, 9.17) is 9.26 Å². The Kier molecular flexibility index (Phi) is 4.63. The summed E-state index contributed by atoms with van der Waals surface area (Å²) in [6.45, 7) is 2.80. The van der Waals surface area contributed by atoms with Crippen molar-refractivity contribution < 1.29 is 9.26 Å². The van der Waals surface area contributed by atoms with Gasteiger partial charge in [0.2, 0.25) is 0 Å². The van der Waals surface area contributed by atoms with Crippen molar-refractivity contribution in [2.24, 2.45) is 0 Å². The molecule has 1 atom stereocenters. The summed E-state index contributed by atoms with van der Waals surface area (Å²) in [7, 11) is 1.57. The fourth-order valence-corrected chi connectivity index (χ4v) is 2.86. The number of rotatable bonds is 6. The maximum Gasteiger partial charge on any atom is 0.278 e. The van der Waals surface area contributed by atoms with Gasteiger partial charge in [-0.05, 0) is 17.5 Å². The van der Waals surface area contributed by atoms with Gasteiger partial charge in [-0.15, -0.1) is 11.3 Å². The molecule has 0 aliphatic carbocycles. The second kappa shape index (κ2) is 6.84. The van der Waals surface area contributed by atoms with Crippen molar-refractivity contribution in [2.45, 2.75) is 19.4 Å². The van der Waals surface area contributed by atoms with E-state index in [2.05, 4.69) is 15.2 Å². The maximum absolute atomic E-state index is 11.8. The van der Waals surface area contributed by atoms with Crippen LogP contribution in [0.25, 0.3) is 11.6 Å². The molecule has 3 rings (SSSR count). The minimum atomic E-state index is -0.197. The van der Waals surface area contributed by atoms with Crippen molar-refractivity contribution >= 4 is 11.3 Å². The van der Waals surface area contributed by atoms with E-state index in [1.165, 1.54) is 10.7 Å². The Morgan fingerprint density at radius 3 is 3.00 bits per heavy atom. The van der Waals surface area contributed by atoms with E-state index in [1.807, 2.05) is 24.4 Å². The number of methoxy groups -OCH3 is 1. The largest absolute Gasteiger partial charge is 0.383 e. The standard InChI is InChI=1S/C15H16N4O3S/c1-10(12-4-3-9-23-12)14-16-15(22-18-14)11-5-6-13(20)19(17-11)7-8-21-2/h3-6,9-10H,7-8H2,1-2H3/t10-/m0/s1. The molecular weight excluding hydrogens is 316 g/mol. The summed E-state index contributed by atoms with van der Waals surface area (Å²) in [5, 5.41) is 10.3. The van der Waals surface area contributed by atoms with Crippen LogP contribution in [0, 0.1) is 0 Å². The van der Waals surface area contributed by atoms with Crippen molar-refractivity contribution in [3.63, 3.8) is 0 Å². The summed E-state index contributed by atoms with van der Waals surface area (Å²) < 4.78 is 11.6. The van der Waals surface area contributed by atoms with Gasteiger partial charge in [0, 0.05) is 18.1 Å². The number of nitrogens with zero attached hydrogens (tertiary/aromatic N) is 4. The molecule has 7 nitrogen and oxygen atoms in total. The Bertz CT molecular complexity index is 825. The number of aromatic nitrogens is 4. The minimum absolute atomic E-state index is 0.0481. The molecule has 0 aliphatic heterocycles. The first kappa shape index (κ1) is 15.6. The lowest BCUT2D eigenvalue weighted by Gasteiger charge is -2.04. The smallest absolute Gasteiger partial charge is 0.278 e. The monoisotopic (exact) mass is 332 g/mol. The molecule has 3 aromatic heterocycles. The molecule has 3 aromatic rings. The summed E-state index contributed by atoms with van der Waals surface area (Å²) in [5.41, 5.74) is 0.273. The Labute approximate surface area is 136 Å². The average Bonchev–Trinajstić information content (AvgIpc) is 3.25. The molecule has 0 spiro atoms. The highest BCUT2D eigenvalue weighted by atomic mass is 32.1. The minimum Gasteiger partial charge on any atom is -0.383 e. The van der Waals surface area contributed by atoms with Crippen molar-refractivity contribution in [1.29, 1.82) is 0 Å². The fraction of sp³-hybridized carbons (Fsp3) is 0.333. The van der Waals surface area contributed by atoms with E-state index in [1.54, 1.807) is 24.5 Å². The van der Waals surface area contributed by atoms with Gasteiger partial charge in [0.15, 0.2) is 5.82 Å². The summed E-state index contributed by atoms with van der Waals surface area (Å²) in [6.07, 6.45) is 0. The van der Waals surface area contributed by atoms with Crippen LogP contribution in [0.2, 0.25) is 0 Å². The van der Waals surface area contributed by atoms with E-state index in [0.717, 1.165) is 4.88 Å². The van der Waals surface area contributed by atoms with E-state index >= 15 is 0 Å². The van der Waals surface area contributed by atoms with E-state index in [0.29, 0.717) is 30.6 Å². The van der Waals surface area contributed by atoms with Crippen LogP contribution in [-0.4, -0.2) is 33.6 Å². The molecule has 120 valence electrons. The van der Waals surface area contributed by atoms with Gasteiger partial charge in [0.25, 0.3) is 11.4 Å². The molecule has 0 N–H and O–H groups in total. The van der Waals surface area contributed by atoms with Crippen LogP contribution in [-0.2, 0) is 11.3 Å². The van der Waals surface area contributed by atoms with Crippen LogP contribution in [0.3, 0.4) is 0 Å². The van der Waals surface area contributed by atoms with Crippen molar-refractivity contribution in [2.75, 3.05) is 13.7 Å². The second-order valence-corrected chi connectivity index (χ2v) is 5.95. The Morgan fingerprint density at radius 1 is 1.39 bits per heavy atom. The molecule has 3 heterocycles. The van der Waals surface area contributed by atoms with Crippen LogP contribution in [0.1, 0.15) is 23.5 Å². The number of thiophene rings is 1. The number of hydrogen-bond donors (Lipinski definition) is 0. The maximum atomic E-state index is 11.8. The summed E-state index contributed by atoms with van der Waals surface area (Å²) in [5.74, 6) is 0.945. The Hall–Kier alpha value is -2.32. The third-order valence-corrected chi connectivity index (χ3v) is 4.45. The molecule has 0 aromatic carbocycles. The molecule has 0 saturated heterocycles. The molecule has 0 aliphatic rings. The normalized spacial score (nSPS) is 12.4. The molecule has 0 amide bonds. The predicted octanol–water partition coefficient (Wildman–Crippen LogP) is 2.15. The topological polar surface area (TPSA) is 83.0 Å². The van der Waals surface area contributed by atoms with Gasteiger partial charge < -0.3 is 9.26 Å². The van der Waals surface area contributed by atoms with E-state index in [-0.39, 0.29) is 11.5 Å². The molecule has 8 heteroatoms. The Morgan fingerprint density at radius 2 is 2.26 bits per heavy atom. The molecule has 0 bridgehead atoms. The van der Waals surface area contributed by atoms with Crippen molar-refractivity contribution in [3.8, 4) is 11.6 Å². The lowest BCUT2D eigenvalue weighted by Crippen LogP contribution is -2.24. The van der Waals surface area contributed by atoms with Gasteiger partial charge in [-0.3, -0.25) is 4.79 Å².